The van der Waals surface area contributed by atoms with Crippen LogP contribution in [0, 0.1) is 12.8 Å². The van der Waals surface area contributed by atoms with Crippen molar-refractivity contribution >= 4 is 5.69 Å². The molecule has 1 atom stereocenters. The summed E-state index contributed by atoms with van der Waals surface area (Å²) in [6, 6.07) is 1.94. The van der Waals surface area contributed by atoms with Gasteiger partial charge in [0.25, 0.3) is 0 Å². The minimum absolute atomic E-state index is 0.0238. The fourth-order valence-corrected chi connectivity index (χ4v) is 1.45. The average Bonchev–Trinajstić information content (AvgIpc) is 2.25. The van der Waals surface area contributed by atoms with Crippen molar-refractivity contribution in [1.29, 1.82) is 0 Å². The summed E-state index contributed by atoms with van der Waals surface area (Å²) < 4.78 is 5.22. The summed E-state index contributed by atoms with van der Waals surface area (Å²) in [4.78, 5) is 4.16. The van der Waals surface area contributed by atoms with Gasteiger partial charge in [-0.1, -0.05) is 13.8 Å². The molecule has 4 heteroatoms. The Balaban J connectivity index is 2.89. The molecule has 1 heterocycles. The molecule has 0 aliphatic rings. The molecule has 2 N–H and O–H groups in total. The van der Waals surface area contributed by atoms with Crippen LogP contribution in [0.4, 0.5) is 5.69 Å². The van der Waals surface area contributed by atoms with Crippen LogP contribution in [-0.4, -0.2) is 29.8 Å². The number of nitrogens with zero attached hydrogens (tertiary/aromatic N) is 1. The molecule has 1 aromatic heterocycles. The van der Waals surface area contributed by atoms with E-state index in [0.29, 0.717) is 11.7 Å². The summed E-state index contributed by atoms with van der Waals surface area (Å²) >= 11 is 0. The largest absolute Gasteiger partial charge is 0.493 e. The highest BCUT2D eigenvalue weighted by atomic mass is 16.5. The van der Waals surface area contributed by atoms with Crippen LogP contribution in [0.3, 0.4) is 0 Å². The monoisotopic (exact) mass is 224 g/mol. The number of hydrogen-bond donors (Lipinski definition) is 2. The first kappa shape index (κ1) is 12.8. The van der Waals surface area contributed by atoms with Crippen molar-refractivity contribution in [2.24, 2.45) is 5.92 Å². The standard InChI is InChI=1S/C12H20N2O2/c1-8(2)11(7-15)14-10-5-9(3)13-6-12(10)16-4/h5-6,8,11,15H,7H2,1-4H3,(H,13,14). The number of methoxy groups -OCH3 is 1. The second kappa shape index (κ2) is 5.70. The Bertz CT molecular complexity index is 340. The quantitative estimate of drug-likeness (QED) is 0.801. The zero-order valence-corrected chi connectivity index (χ0v) is 10.3. The van der Waals surface area contributed by atoms with Gasteiger partial charge in [-0.05, 0) is 18.9 Å². The molecule has 0 saturated carbocycles. The van der Waals surface area contributed by atoms with E-state index in [4.69, 9.17) is 4.74 Å². The van der Waals surface area contributed by atoms with Crippen LogP contribution in [0.25, 0.3) is 0 Å². The summed E-state index contributed by atoms with van der Waals surface area (Å²) in [6.07, 6.45) is 1.69. The van der Waals surface area contributed by atoms with Gasteiger partial charge in [-0.15, -0.1) is 0 Å². The van der Waals surface area contributed by atoms with Gasteiger partial charge in [-0.2, -0.15) is 0 Å². The third-order valence-electron chi connectivity index (χ3n) is 2.57. The topological polar surface area (TPSA) is 54.4 Å². The third kappa shape index (κ3) is 3.10. The normalized spacial score (nSPS) is 12.6. The lowest BCUT2D eigenvalue weighted by molar-refractivity contribution is 0.249. The van der Waals surface area contributed by atoms with E-state index in [2.05, 4.69) is 24.1 Å². The van der Waals surface area contributed by atoms with E-state index >= 15 is 0 Å². The number of aromatic nitrogens is 1. The van der Waals surface area contributed by atoms with Gasteiger partial charge in [-0.25, -0.2) is 0 Å². The fourth-order valence-electron chi connectivity index (χ4n) is 1.45. The molecule has 1 unspecified atom stereocenters. The zero-order valence-electron chi connectivity index (χ0n) is 10.3. The number of anilines is 1. The highest BCUT2D eigenvalue weighted by Crippen LogP contribution is 2.25. The number of aryl methyl sites for hydroxylation is 1. The van der Waals surface area contributed by atoms with Crippen molar-refractivity contribution in [3.8, 4) is 5.75 Å². The van der Waals surface area contributed by atoms with Crippen molar-refractivity contribution in [3.05, 3.63) is 18.0 Å². The average molecular weight is 224 g/mol. The molecule has 1 rings (SSSR count). The van der Waals surface area contributed by atoms with E-state index in [9.17, 15) is 5.11 Å². The summed E-state index contributed by atoms with van der Waals surface area (Å²) in [5, 5.41) is 12.5. The summed E-state index contributed by atoms with van der Waals surface area (Å²) in [5.74, 6) is 1.05. The van der Waals surface area contributed by atoms with Crippen LogP contribution >= 0.6 is 0 Å². The molecule has 4 nitrogen and oxygen atoms in total. The van der Waals surface area contributed by atoms with E-state index < -0.39 is 0 Å². The molecule has 16 heavy (non-hydrogen) atoms. The molecule has 0 aliphatic carbocycles. The fraction of sp³-hybridized carbons (Fsp3) is 0.583. The first-order valence-electron chi connectivity index (χ1n) is 5.46. The van der Waals surface area contributed by atoms with E-state index in [1.807, 2.05) is 13.0 Å². The Morgan fingerprint density at radius 2 is 2.19 bits per heavy atom. The number of hydrogen-bond acceptors (Lipinski definition) is 4. The predicted octanol–water partition coefficient (Wildman–Crippen LogP) is 1.83. The molecule has 90 valence electrons. The minimum atomic E-state index is 0.0238. The highest BCUT2D eigenvalue weighted by Gasteiger charge is 2.14. The van der Waals surface area contributed by atoms with Gasteiger partial charge in [0.05, 0.1) is 31.6 Å². The first-order valence-corrected chi connectivity index (χ1v) is 5.46. The molecule has 0 aromatic carbocycles. The lowest BCUT2D eigenvalue weighted by Gasteiger charge is -2.22. The van der Waals surface area contributed by atoms with Crippen molar-refractivity contribution in [2.45, 2.75) is 26.8 Å². The van der Waals surface area contributed by atoms with Crippen molar-refractivity contribution < 1.29 is 9.84 Å². The number of rotatable bonds is 5. The second-order valence-corrected chi connectivity index (χ2v) is 4.20. The molecular formula is C12H20N2O2. The molecule has 1 aromatic rings. The third-order valence-corrected chi connectivity index (χ3v) is 2.57. The SMILES string of the molecule is COc1cnc(C)cc1NC(CO)C(C)C. The van der Waals surface area contributed by atoms with Gasteiger partial charge >= 0.3 is 0 Å². The first-order chi connectivity index (χ1) is 7.58. The van der Waals surface area contributed by atoms with Gasteiger partial charge in [0, 0.05) is 5.69 Å². The van der Waals surface area contributed by atoms with Gasteiger partial charge < -0.3 is 15.2 Å². The molecule has 0 amide bonds. The molecule has 0 bridgehead atoms. The lowest BCUT2D eigenvalue weighted by Crippen LogP contribution is -2.29. The van der Waals surface area contributed by atoms with Crippen LogP contribution in [-0.2, 0) is 0 Å². The number of aliphatic hydroxyl groups is 1. The summed E-state index contributed by atoms with van der Waals surface area (Å²) in [5.41, 5.74) is 1.80. The highest BCUT2D eigenvalue weighted by molar-refractivity contribution is 5.56. The van der Waals surface area contributed by atoms with Gasteiger partial charge in [0.1, 0.15) is 0 Å². The van der Waals surface area contributed by atoms with Crippen LogP contribution in [0.15, 0.2) is 12.3 Å². The number of aliphatic hydroxyl groups excluding tert-OH is 1. The van der Waals surface area contributed by atoms with Crippen LogP contribution < -0.4 is 10.1 Å². The van der Waals surface area contributed by atoms with Gasteiger partial charge in [0.15, 0.2) is 5.75 Å². The smallest absolute Gasteiger partial charge is 0.160 e. The van der Waals surface area contributed by atoms with Crippen LogP contribution in [0.5, 0.6) is 5.75 Å². The zero-order chi connectivity index (χ0) is 12.1. The van der Waals surface area contributed by atoms with Gasteiger partial charge in [0.2, 0.25) is 0 Å². The summed E-state index contributed by atoms with van der Waals surface area (Å²) in [6.45, 7) is 6.15. The van der Waals surface area contributed by atoms with E-state index in [1.165, 1.54) is 0 Å². The number of ether oxygens (including phenoxy) is 1. The maximum absolute atomic E-state index is 9.27. The predicted molar refractivity (Wildman–Crippen MR) is 64.9 cm³/mol. The van der Waals surface area contributed by atoms with E-state index in [-0.39, 0.29) is 12.6 Å². The van der Waals surface area contributed by atoms with Crippen molar-refractivity contribution in [3.63, 3.8) is 0 Å². The molecule has 0 radical (unpaired) electrons. The Labute approximate surface area is 96.7 Å². The van der Waals surface area contributed by atoms with Crippen LogP contribution in [0.2, 0.25) is 0 Å². The van der Waals surface area contributed by atoms with Crippen LogP contribution in [0.1, 0.15) is 19.5 Å². The number of pyridine rings is 1. The molecule has 0 spiro atoms. The van der Waals surface area contributed by atoms with Crippen molar-refractivity contribution in [2.75, 3.05) is 19.0 Å². The minimum Gasteiger partial charge on any atom is -0.493 e. The number of nitrogens with one attached hydrogen (secondary N) is 1. The van der Waals surface area contributed by atoms with Gasteiger partial charge in [-0.3, -0.25) is 4.98 Å². The van der Waals surface area contributed by atoms with Crippen molar-refractivity contribution in [1.82, 2.24) is 4.98 Å². The molecular weight excluding hydrogens is 204 g/mol. The Morgan fingerprint density at radius 1 is 1.50 bits per heavy atom. The molecule has 0 aliphatic heterocycles. The summed E-state index contributed by atoms with van der Waals surface area (Å²) in [7, 11) is 1.61. The maximum atomic E-state index is 9.27. The maximum Gasteiger partial charge on any atom is 0.160 e. The molecule has 0 fully saturated rings. The lowest BCUT2D eigenvalue weighted by atomic mass is 10.1. The Hall–Kier alpha value is -1.29. The van der Waals surface area contributed by atoms with E-state index in [0.717, 1.165) is 11.4 Å². The van der Waals surface area contributed by atoms with E-state index in [1.54, 1.807) is 13.3 Å². The molecule has 0 saturated heterocycles. The second-order valence-electron chi connectivity index (χ2n) is 4.20. The Morgan fingerprint density at radius 3 is 2.69 bits per heavy atom. The Kier molecular flexibility index (Phi) is 4.55.